The van der Waals surface area contributed by atoms with E-state index in [1.165, 1.54) is 0 Å². The first-order valence-electron chi connectivity index (χ1n) is 9.23. The quantitative estimate of drug-likeness (QED) is 0.617. The highest BCUT2D eigenvalue weighted by Gasteiger charge is 2.34. The minimum Gasteiger partial charge on any atom is -0.493 e. The average molecular weight is 414 g/mol. The maximum Gasteiger partial charge on any atom is 0.254 e. The number of halogens is 1. The Morgan fingerprint density at radius 3 is 2.62 bits per heavy atom. The first kappa shape index (κ1) is 19.3. The molecule has 1 aliphatic rings. The number of carbonyl (C=O) groups is 1. The number of hydrogen-bond acceptors (Lipinski definition) is 6. The van der Waals surface area contributed by atoms with Crippen molar-refractivity contribution in [1.29, 1.82) is 0 Å². The van der Waals surface area contributed by atoms with Crippen LogP contribution in [0.4, 0.5) is 0 Å². The third-order valence-corrected chi connectivity index (χ3v) is 5.23. The Hall–Kier alpha value is -3.06. The number of methoxy groups -OCH3 is 2. The fourth-order valence-corrected chi connectivity index (χ4v) is 3.61. The van der Waals surface area contributed by atoms with Crippen LogP contribution in [-0.4, -0.2) is 41.7 Å². The van der Waals surface area contributed by atoms with Gasteiger partial charge in [-0.25, -0.2) is 0 Å². The molecule has 2 aromatic carbocycles. The largest absolute Gasteiger partial charge is 0.493 e. The lowest BCUT2D eigenvalue weighted by Gasteiger charge is -2.21. The molecule has 3 aromatic rings. The van der Waals surface area contributed by atoms with Crippen LogP contribution in [0.25, 0.3) is 11.4 Å². The average Bonchev–Trinajstić information content (AvgIpc) is 3.42. The summed E-state index contributed by atoms with van der Waals surface area (Å²) in [5, 5.41) is 4.70. The van der Waals surface area contributed by atoms with Gasteiger partial charge in [-0.3, -0.25) is 4.79 Å². The molecule has 8 heteroatoms. The van der Waals surface area contributed by atoms with Crippen molar-refractivity contribution in [3.8, 4) is 22.9 Å². The Balaban J connectivity index is 1.58. The number of nitrogens with zero attached hydrogens (tertiary/aromatic N) is 3. The molecule has 1 aromatic heterocycles. The molecular formula is C21H20ClN3O4. The second-order valence-electron chi connectivity index (χ2n) is 6.69. The Labute approximate surface area is 173 Å². The van der Waals surface area contributed by atoms with Crippen molar-refractivity contribution in [3.05, 3.63) is 58.9 Å². The van der Waals surface area contributed by atoms with Crippen LogP contribution < -0.4 is 9.47 Å². The molecule has 0 spiro atoms. The van der Waals surface area contributed by atoms with Crippen LogP contribution in [0.5, 0.6) is 11.5 Å². The van der Waals surface area contributed by atoms with Crippen LogP contribution in [0.15, 0.2) is 47.0 Å². The van der Waals surface area contributed by atoms with Crippen molar-refractivity contribution in [2.75, 3.05) is 20.8 Å². The smallest absolute Gasteiger partial charge is 0.254 e. The van der Waals surface area contributed by atoms with Gasteiger partial charge in [0, 0.05) is 22.7 Å². The van der Waals surface area contributed by atoms with Crippen molar-refractivity contribution in [3.63, 3.8) is 0 Å². The highest BCUT2D eigenvalue weighted by Crippen LogP contribution is 2.35. The van der Waals surface area contributed by atoms with Gasteiger partial charge in [0.1, 0.15) is 6.04 Å². The van der Waals surface area contributed by atoms with Crippen molar-refractivity contribution in [2.45, 2.75) is 18.9 Å². The molecule has 0 bridgehead atoms. The maximum atomic E-state index is 12.9. The standard InChI is InChI=1S/C21H20ClN3O4/c1-27-17-10-7-14(12-18(17)28-2)19-23-20(29-24-19)16-4-3-11-25(16)21(26)13-5-8-15(22)9-6-13/h5-10,12,16H,3-4,11H2,1-2H3/t16-/m1/s1. The summed E-state index contributed by atoms with van der Waals surface area (Å²) in [6.45, 7) is 0.639. The van der Waals surface area contributed by atoms with Gasteiger partial charge in [-0.1, -0.05) is 16.8 Å². The molecule has 0 radical (unpaired) electrons. The number of hydrogen-bond donors (Lipinski definition) is 0. The molecule has 4 rings (SSSR count). The second kappa shape index (κ2) is 8.13. The third-order valence-electron chi connectivity index (χ3n) is 4.97. The van der Waals surface area contributed by atoms with Gasteiger partial charge in [0.25, 0.3) is 5.91 Å². The molecule has 0 unspecified atom stereocenters. The van der Waals surface area contributed by atoms with E-state index in [0.29, 0.717) is 40.3 Å². The first-order chi connectivity index (χ1) is 14.1. The Kier molecular flexibility index (Phi) is 5.40. The van der Waals surface area contributed by atoms with E-state index >= 15 is 0 Å². The number of amides is 1. The van der Waals surface area contributed by atoms with Crippen molar-refractivity contribution in [2.24, 2.45) is 0 Å². The monoisotopic (exact) mass is 413 g/mol. The van der Waals surface area contributed by atoms with E-state index < -0.39 is 0 Å². The van der Waals surface area contributed by atoms with Crippen molar-refractivity contribution < 1.29 is 18.8 Å². The Morgan fingerprint density at radius 1 is 1.14 bits per heavy atom. The summed E-state index contributed by atoms with van der Waals surface area (Å²) < 4.78 is 16.1. The van der Waals surface area contributed by atoms with Gasteiger partial charge in [0.05, 0.1) is 14.2 Å². The van der Waals surface area contributed by atoms with E-state index in [1.54, 1.807) is 55.5 Å². The summed E-state index contributed by atoms with van der Waals surface area (Å²) in [4.78, 5) is 19.3. The van der Waals surface area contributed by atoms with Crippen molar-refractivity contribution in [1.82, 2.24) is 15.0 Å². The summed E-state index contributed by atoms with van der Waals surface area (Å²) in [6.07, 6.45) is 1.64. The molecule has 0 N–H and O–H groups in total. The fourth-order valence-electron chi connectivity index (χ4n) is 3.49. The zero-order valence-corrected chi connectivity index (χ0v) is 16.8. The number of aromatic nitrogens is 2. The molecular weight excluding hydrogens is 394 g/mol. The van der Waals surface area contributed by atoms with E-state index in [9.17, 15) is 4.79 Å². The number of ether oxygens (including phenoxy) is 2. The number of benzene rings is 2. The Bertz CT molecular complexity index is 1020. The zero-order valence-electron chi connectivity index (χ0n) is 16.1. The van der Waals surface area contributed by atoms with Crippen LogP contribution in [0, 0.1) is 0 Å². The molecule has 2 heterocycles. The molecule has 1 fully saturated rings. The molecule has 1 amide bonds. The van der Waals surface area contributed by atoms with E-state index in [2.05, 4.69) is 10.1 Å². The number of rotatable bonds is 5. The summed E-state index contributed by atoms with van der Waals surface area (Å²) in [5.41, 5.74) is 1.33. The molecule has 0 aliphatic carbocycles. The highest BCUT2D eigenvalue weighted by atomic mass is 35.5. The number of likely N-dealkylation sites (tertiary alicyclic amines) is 1. The van der Waals surface area contributed by atoms with Gasteiger partial charge < -0.3 is 18.9 Å². The normalized spacial score (nSPS) is 16.1. The van der Waals surface area contributed by atoms with Gasteiger partial charge in [-0.15, -0.1) is 0 Å². The van der Waals surface area contributed by atoms with Crippen LogP contribution >= 0.6 is 11.6 Å². The first-order valence-corrected chi connectivity index (χ1v) is 9.61. The van der Waals surface area contributed by atoms with Crippen LogP contribution in [0.3, 0.4) is 0 Å². The molecule has 29 heavy (non-hydrogen) atoms. The minimum absolute atomic E-state index is 0.0740. The molecule has 1 saturated heterocycles. The van der Waals surface area contributed by atoms with Crippen molar-refractivity contribution >= 4 is 17.5 Å². The lowest BCUT2D eigenvalue weighted by Crippen LogP contribution is -2.30. The van der Waals surface area contributed by atoms with Gasteiger partial charge in [-0.05, 0) is 55.3 Å². The van der Waals surface area contributed by atoms with Crippen LogP contribution in [0.1, 0.15) is 35.1 Å². The molecule has 1 atom stereocenters. The highest BCUT2D eigenvalue weighted by molar-refractivity contribution is 6.30. The lowest BCUT2D eigenvalue weighted by molar-refractivity contribution is 0.0710. The fraction of sp³-hybridized carbons (Fsp3) is 0.286. The predicted molar refractivity (Wildman–Crippen MR) is 107 cm³/mol. The third kappa shape index (κ3) is 3.78. The van der Waals surface area contributed by atoms with Crippen LogP contribution in [0.2, 0.25) is 5.02 Å². The SMILES string of the molecule is COc1ccc(-c2noc([C@H]3CCCN3C(=O)c3ccc(Cl)cc3)n2)cc1OC. The van der Waals surface area contributed by atoms with Gasteiger partial charge in [-0.2, -0.15) is 4.98 Å². The zero-order chi connectivity index (χ0) is 20.4. The van der Waals surface area contributed by atoms with E-state index in [4.69, 9.17) is 25.6 Å². The van der Waals surface area contributed by atoms with Crippen LogP contribution in [-0.2, 0) is 0 Å². The minimum atomic E-state index is -0.250. The van der Waals surface area contributed by atoms with Gasteiger partial charge >= 0.3 is 0 Å². The molecule has 0 saturated carbocycles. The molecule has 150 valence electrons. The second-order valence-corrected chi connectivity index (χ2v) is 7.13. The van der Waals surface area contributed by atoms with Gasteiger partial charge in [0.15, 0.2) is 11.5 Å². The van der Waals surface area contributed by atoms with Gasteiger partial charge in [0.2, 0.25) is 11.7 Å². The summed E-state index contributed by atoms with van der Waals surface area (Å²) in [7, 11) is 3.15. The molecule has 1 aliphatic heterocycles. The van der Waals surface area contributed by atoms with E-state index in [-0.39, 0.29) is 11.9 Å². The maximum absolute atomic E-state index is 12.9. The molecule has 7 nitrogen and oxygen atoms in total. The topological polar surface area (TPSA) is 77.7 Å². The number of carbonyl (C=O) groups excluding carboxylic acids is 1. The Morgan fingerprint density at radius 2 is 1.90 bits per heavy atom. The predicted octanol–water partition coefficient (Wildman–Crippen LogP) is 4.38. The summed E-state index contributed by atoms with van der Waals surface area (Å²) in [5.74, 6) is 1.99. The summed E-state index contributed by atoms with van der Waals surface area (Å²) >= 11 is 5.93. The summed E-state index contributed by atoms with van der Waals surface area (Å²) in [6, 6.07) is 12.0. The van der Waals surface area contributed by atoms with E-state index in [0.717, 1.165) is 18.4 Å². The van der Waals surface area contributed by atoms with E-state index in [1.807, 2.05) is 6.07 Å². The lowest BCUT2D eigenvalue weighted by atomic mass is 10.1.